The second kappa shape index (κ2) is 3.32. The number of nitrogens with zero attached hydrogens (tertiary/aromatic N) is 2. The Kier molecular flexibility index (Phi) is 2.17. The molecule has 0 radical (unpaired) electrons. The second-order valence-corrected chi connectivity index (χ2v) is 3.89. The summed E-state index contributed by atoms with van der Waals surface area (Å²) in [5, 5.41) is 0. The van der Waals surface area contributed by atoms with Crippen molar-refractivity contribution in [1.29, 1.82) is 0 Å². The van der Waals surface area contributed by atoms with E-state index >= 15 is 0 Å². The maximum atomic E-state index is 5.54. The van der Waals surface area contributed by atoms with Gasteiger partial charge in [0.1, 0.15) is 5.82 Å². The number of nitrogen functional groups attached to an aromatic ring is 1. The zero-order chi connectivity index (χ0) is 9.26. The van der Waals surface area contributed by atoms with E-state index in [-0.39, 0.29) is 0 Å². The minimum absolute atomic E-state index is 0.556. The maximum Gasteiger partial charge on any atom is 0.131 e. The molecule has 1 aromatic rings. The summed E-state index contributed by atoms with van der Waals surface area (Å²) in [6, 6.07) is 0. The predicted octanol–water partition coefficient (Wildman–Crippen LogP) is 1.96. The average molecular weight is 177 g/mol. The fourth-order valence-electron chi connectivity index (χ4n) is 2.07. The molecule has 2 atom stereocenters. The standard InChI is InChI=1S/C10H15N3/c1-7-3-2-4-9(7)10-12-5-8(11)6-13-10/h5-7,9H,2-4,11H2,1H3. The highest BCUT2D eigenvalue weighted by Crippen LogP contribution is 2.37. The first-order valence-electron chi connectivity index (χ1n) is 4.85. The van der Waals surface area contributed by atoms with Crippen LogP contribution in [0.4, 0.5) is 5.69 Å². The number of aromatic nitrogens is 2. The lowest BCUT2D eigenvalue weighted by Gasteiger charge is -2.12. The quantitative estimate of drug-likeness (QED) is 0.713. The van der Waals surface area contributed by atoms with Crippen LogP contribution in [0.5, 0.6) is 0 Å². The lowest BCUT2D eigenvalue weighted by molar-refractivity contribution is 0.509. The molecule has 0 saturated heterocycles. The minimum Gasteiger partial charge on any atom is -0.396 e. The van der Waals surface area contributed by atoms with Gasteiger partial charge in [-0.15, -0.1) is 0 Å². The molecule has 0 aliphatic heterocycles. The van der Waals surface area contributed by atoms with Crippen LogP contribution in [0.2, 0.25) is 0 Å². The summed E-state index contributed by atoms with van der Waals surface area (Å²) in [6.07, 6.45) is 7.24. The van der Waals surface area contributed by atoms with E-state index in [9.17, 15) is 0 Å². The second-order valence-electron chi connectivity index (χ2n) is 3.89. The van der Waals surface area contributed by atoms with E-state index in [0.29, 0.717) is 11.6 Å². The third-order valence-electron chi connectivity index (χ3n) is 2.88. The van der Waals surface area contributed by atoms with Crippen LogP contribution in [0.1, 0.15) is 37.9 Å². The largest absolute Gasteiger partial charge is 0.396 e. The number of nitrogens with two attached hydrogens (primary N) is 1. The molecule has 0 aromatic carbocycles. The Morgan fingerprint density at radius 1 is 1.31 bits per heavy atom. The normalized spacial score (nSPS) is 27.8. The van der Waals surface area contributed by atoms with Gasteiger partial charge < -0.3 is 5.73 Å². The molecule has 0 bridgehead atoms. The van der Waals surface area contributed by atoms with Crippen LogP contribution < -0.4 is 5.73 Å². The van der Waals surface area contributed by atoms with Gasteiger partial charge in [-0.1, -0.05) is 13.3 Å². The van der Waals surface area contributed by atoms with E-state index in [1.807, 2.05) is 0 Å². The van der Waals surface area contributed by atoms with Crippen molar-refractivity contribution in [3.63, 3.8) is 0 Å². The lowest BCUT2D eigenvalue weighted by atomic mass is 9.97. The molecular weight excluding hydrogens is 162 g/mol. The molecule has 2 rings (SSSR count). The number of rotatable bonds is 1. The molecule has 2 unspecified atom stereocenters. The van der Waals surface area contributed by atoms with Gasteiger partial charge >= 0.3 is 0 Å². The van der Waals surface area contributed by atoms with Gasteiger partial charge in [-0.2, -0.15) is 0 Å². The van der Waals surface area contributed by atoms with Crippen molar-refractivity contribution in [1.82, 2.24) is 9.97 Å². The van der Waals surface area contributed by atoms with Gasteiger partial charge in [-0.25, -0.2) is 9.97 Å². The van der Waals surface area contributed by atoms with Crippen molar-refractivity contribution >= 4 is 5.69 Å². The summed E-state index contributed by atoms with van der Waals surface area (Å²) in [6.45, 7) is 2.28. The molecule has 0 spiro atoms. The van der Waals surface area contributed by atoms with Crippen molar-refractivity contribution < 1.29 is 0 Å². The molecule has 1 fully saturated rings. The molecule has 1 aliphatic carbocycles. The monoisotopic (exact) mass is 177 g/mol. The van der Waals surface area contributed by atoms with Crippen LogP contribution in [0.3, 0.4) is 0 Å². The minimum atomic E-state index is 0.556. The van der Waals surface area contributed by atoms with Crippen molar-refractivity contribution in [3.8, 4) is 0 Å². The molecule has 70 valence electrons. The highest BCUT2D eigenvalue weighted by molar-refractivity contribution is 5.30. The Morgan fingerprint density at radius 3 is 2.54 bits per heavy atom. The van der Waals surface area contributed by atoms with Gasteiger partial charge in [0.2, 0.25) is 0 Å². The molecule has 0 amide bonds. The lowest BCUT2D eigenvalue weighted by Crippen LogP contribution is -2.07. The zero-order valence-electron chi connectivity index (χ0n) is 7.90. The summed E-state index contributed by atoms with van der Waals surface area (Å²) in [5.74, 6) is 2.25. The van der Waals surface area contributed by atoms with Crippen LogP contribution in [-0.2, 0) is 0 Å². The van der Waals surface area contributed by atoms with Gasteiger partial charge in [0, 0.05) is 5.92 Å². The Labute approximate surface area is 78.4 Å². The topological polar surface area (TPSA) is 51.8 Å². The molecule has 13 heavy (non-hydrogen) atoms. The molecule has 2 N–H and O–H groups in total. The summed E-state index contributed by atoms with van der Waals surface area (Å²) in [4.78, 5) is 8.55. The van der Waals surface area contributed by atoms with Gasteiger partial charge in [0.25, 0.3) is 0 Å². The molecule has 1 heterocycles. The SMILES string of the molecule is CC1CCCC1c1ncc(N)cn1. The van der Waals surface area contributed by atoms with Gasteiger partial charge in [-0.05, 0) is 18.8 Å². The molecule has 1 saturated carbocycles. The van der Waals surface area contributed by atoms with Crippen LogP contribution >= 0.6 is 0 Å². The smallest absolute Gasteiger partial charge is 0.131 e. The average Bonchev–Trinajstić information content (AvgIpc) is 2.53. The van der Waals surface area contributed by atoms with E-state index in [1.165, 1.54) is 19.3 Å². The zero-order valence-corrected chi connectivity index (χ0v) is 7.90. The fraction of sp³-hybridized carbons (Fsp3) is 0.600. The predicted molar refractivity (Wildman–Crippen MR) is 52.2 cm³/mol. The van der Waals surface area contributed by atoms with E-state index in [0.717, 1.165) is 11.7 Å². The Balaban J connectivity index is 2.20. The van der Waals surface area contributed by atoms with Crippen molar-refractivity contribution in [2.45, 2.75) is 32.1 Å². The first-order valence-corrected chi connectivity index (χ1v) is 4.85. The maximum absolute atomic E-state index is 5.54. The van der Waals surface area contributed by atoms with Gasteiger partial charge in [0.05, 0.1) is 18.1 Å². The van der Waals surface area contributed by atoms with E-state index in [4.69, 9.17) is 5.73 Å². The van der Waals surface area contributed by atoms with Crippen molar-refractivity contribution in [2.24, 2.45) is 5.92 Å². The van der Waals surface area contributed by atoms with Gasteiger partial charge in [0.15, 0.2) is 0 Å². The van der Waals surface area contributed by atoms with Gasteiger partial charge in [-0.3, -0.25) is 0 Å². The van der Waals surface area contributed by atoms with Crippen molar-refractivity contribution in [2.75, 3.05) is 5.73 Å². The number of hydrogen-bond donors (Lipinski definition) is 1. The number of anilines is 1. The Bertz CT molecular complexity index is 281. The third-order valence-corrected chi connectivity index (χ3v) is 2.88. The molecule has 1 aliphatic rings. The van der Waals surface area contributed by atoms with E-state index in [1.54, 1.807) is 12.4 Å². The highest BCUT2D eigenvalue weighted by Gasteiger charge is 2.26. The summed E-state index contributed by atoms with van der Waals surface area (Å²) >= 11 is 0. The molecule has 3 nitrogen and oxygen atoms in total. The van der Waals surface area contributed by atoms with Crippen LogP contribution in [0, 0.1) is 5.92 Å². The molecule has 1 aromatic heterocycles. The number of hydrogen-bond acceptors (Lipinski definition) is 3. The van der Waals surface area contributed by atoms with E-state index in [2.05, 4.69) is 16.9 Å². The summed E-state index contributed by atoms with van der Waals surface area (Å²) in [5.41, 5.74) is 6.18. The van der Waals surface area contributed by atoms with Crippen LogP contribution in [-0.4, -0.2) is 9.97 Å². The van der Waals surface area contributed by atoms with Crippen LogP contribution in [0.15, 0.2) is 12.4 Å². The Hall–Kier alpha value is -1.12. The van der Waals surface area contributed by atoms with Crippen LogP contribution in [0.25, 0.3) is 0 Å². The summed E-state index contributed by atoms with van der Waals surface area (Å²) in [7, 11) is 0. The molecule has 3 heteroatoms. The Morgan fingerprint density at radius 2 is 2.00 bits per heavy atom. The first-order chi connectivity index (χ1) is 6.27. The highest BCUT2D eigenvalue weighted by atomic mass is 14.9. The summed E-state index contributed by atoms with van der Waals surface area (Å²) < 4.78 is 0. The third kappa shape index (κ3) is 1.64. The first kappa shape index (κ1) is 8.48. The van der Waals surface area contributed by atoms with Crippen molar-refractivity contribution in [3.05, 3.63) is 18.2 Å². The fourth-order valence-corrected chi connectivity index (χ4v) is 2.07. The molecular formula is C10H15N3. The van der Waals surface area contributed by atoms with E-state index < -0.39 is 0 Å².